The maximum Gasteiger partial charge on any atom is 0.0667 e. The van der Waals surface area contributed by atoms with Crippen molar-refractivity contribution in [2.24, 2.45) is 11.3 Å². The molecule has 2 aliphatic rings. The Hall–Kier alpha value is -0.0800. The van der Waals surface area contributed by atoms with Gasteiger partial charge in [-0.1, -0.05) is 20.8 Å². The molecule has 0 amide bonds. The minimum absolute atomic E-state index is 0.0657. The van der Waals surface area contributed by atoms with Crippen molar-refractivity contribution in [2.75, 3.05) is 13.1 Å². The third-order valence-corrected chi connectivity index (χ3v) is 4.87. The van der Waals surface area contributed by atoms with E-state index < -0.39 is 0 Å². The second-order valence-electron chi connectivity index (χ2n) is 7.16. The fourth-order valence-electron chi connectivity index (χ4n) is 3.62. The van der Waals surface area contributed by atoms with Gasteiger partial charge >= 0.3 is 0 Å². The first-order valence-electron chi connectivity index (χ1n) is 7.39. The Balaban J connectivity index is 1.82. The molecule has 1 N–H and O–H groups in total. The number of aliphatic hydroxyl groups excluding tert-OH is 1. The van der Waals surface area contributed by atoms with E-state index in [1.54, 1.807) is 0 Å². The number of aliphatic hydroxyl groups is 1. The molecule has 0 unspecified atom stereocenters. The van der Waals surface area contributed by atoms with Gasteiger partial charge in [-0.05, 0) is 56.4 Å². The van der Waals surface area contributed by atoms with Crippen LogP contribution in [-0.4, -0.2) is 35.2 Å². The predicted octanol–water partition coefficient (Wildman–Crippen LogP) is 3.05. The summed E-state index contributed by atoms with van der Waals surface area (Å²) in [6, 6.07) is 0.753. The first kappa shape index (κ1) is 13.4. The van der Waals surface area contributed by atoms with Crippen molar-refractivity contribution in [3.8, 4) is 0 Å². The summed E-state index contributed by atoms with van der Waals surface area (Å²) in [5, 5.41) is 9.75. The summed E-state index contributed by atoms with van der Waals surface area (Å²) in [5.41, 5.74) is 0.479. The van der Waals surface area contributed by atoms with Crippen LogP contribution >= 0.6 is 0 Å². The van der Waals surface area contributed by atoms with Gasteiger partial charge in [0.1, 0.15) is 0 Å². The van der Waals surface area contributed by atoms with E-state index in [2.05, 4.69) is 25.7 Å². The Kier molecular flexibility index (Phi) is 4.14. The molecule has 1 saturated carbocycles. The Bertz CT molecular complexity index is 238. The zero-order chi connectivity index (χ0) is 12.5. The third-order valence-electron chi connectivity index (χ3n) is 4.87. The van der Waals surface area contributed by atoms with Gasteiger partial charge in [0, 0.05) is 12.6 Å². The Labute approximate surface area is 106 Å². The van der Waals surface area contributed by atoms with E-state index in [1.165, 1.54) is 38.6 Å². The zero-order valence-corrected chi connectivity index (χ0v) is 11.8. The van der Waals surface area contributed by atoms with Crippen molar-refractivity contribution >= 4 is 0 Å². The third kappa shape index (κ3) is 3.45. The number of rotatable bonds is 1. The Morgan fingerprint density at radius 2 is 1.65 bits per heavy atom. The minimum atomic E-state index is -0.0657. The van der Waals surface area contributed by atoms with E-state index in [1.807, 2.05) is 0 Å². The van der Waals surface area contributed by atoms with E-state index in [4.69, 9.17) is 0 Å². The summed E-state index contributed by atoms with van der Waals surface area (Å²) < 4.78 is 0. The Morgan fingerprint density at radius 1 is 1.00 bits per heavy atom. The van der Waals surface area contributed by atoms with Crippen molar-refractivity contribution in [3.05, 3.63) is 0 Å². The molecule has 1 saturated heterocycles. The second kappa shape index (κ2) is 5.27. The van der Waals surface area contributed by atoms with E-state index in [0.29, 0.717) is 5.41 Å². The molecule has 1 heterocycles. The number of hydrogen-bond acceptors (Lipinski definition) is 2. The molecule has 2 fully saturated rings. The summed E-state index contributed by atoms with van der Waals surface area (Å²) in [7, 11) is 0. The number of nitrogens with zero attached hydrogens (tertiary/aromatic N) is 1. The molecule has 0 spiro atoms. The highest BCUT2D eigenvalue weighted by Crippen LogP contribution is 2.39. The number of hydrogen-bond donors (Lipinski definition) is 1. The normalized spacial score (nSPS) is 37.1. The zero-order valence-electron chi connectivity index (χ0n) is 11.8. The highest BCUT2D eigenvalue weighted by atomic mass is 16.3. The van der Waals surface area contributed by atoms with Gasteiger partial charge in [0.2, 0.25) is 0 Å². The van der Waals surface area contributed by atoms with Gasteiger partial charge in [0.25, 0.3) is 0 Å². The fraction of sp³-hybridized carbons (Fsp3) is 1.00. The topological polar surface area (TPSA) is 23.5 Å². The molecule has 0 aromatic heterocycles. The van der Waals surface area contributed by atoms with Gasteiger partial charge in [0.15, 0.2) is 0 Å². The molecule has 1 aliphatic heterocycles. The first-order chi connectivity index (χ1) is 7.97. The molecule has 2 heteroatoms. The minimum Gasteiger partial charge on any atom is -0.392 e. The predicted molar refractivity (Wildman–Crippen MR) is 72.0 cm³/mol. The van der Waals surface area contributed by atoms with Crippen LogP contribution in [0.25, 0.3) is 0 Å². The van der Waals surface area contributed by atoms with Crippen LogP contribution in [0, 0.1) is 11.3 Å². The van der Waals surface area contributed by atoms with Crippen molar-refractivity contribution < 1.29 is 5.11 Å². The van der Waals surface area contributed by atoms with Crippen molar-refractivity contribution in [1.29, 1.82) is 0 Å². The molecular weight excluding hydrogens is 210 g/mol. The molecule has 2 nitrogen and oxygen atoms in total. The van der Waals surface area contributed by atoms with Gasteiger partial charge in [-0.25, -0.2) is 0 Å². The summed E-state index contributed by atoms with van der Waals surface area (Å²) in [6.45, 7) is 9.26. The Morgan fingerprint density at radius 3 is 2.18 bits per heavy atom. The lowest BCUT2D eigenvalue weighted by Gasteiger charge is -2.43. The maximum absolute atomic E-state index is 9.75. The van der Waals surface area contributed by atoms with Crippen molar-refractivity contribution in [2.45, 2.75) is 71.4 Å². The fourth-order valence-corrected chi connectivity index (χ4v) is 3.62. The number of β-amino-alcohol motifs (C(OH)–C–C–N with tert-alkyl or cyclic N) is 1. The number of piperidine rings is 1. The standard InChI is InChI=1S/C15H29NO/c1-15(2,3)12-6-8-13(9-7-12)16-10-4-5-14(17)11-16/h12-14,17H,4-11H2,1-3H3/t12?,13?,14-/m0/s1. The van der Waals surface area contributed by atoms with Crippen LogP contribution in [-0.2, 0) is 0 Å². The largest absolute Gasteiger partial charge is 0.392 e. The molecular formula is C15H29NO. The molecule has 0 bridgehead atoms. The van der Waals surface area contributed by atoms with Crippen LogP contribution in [0.15, 0.2) is 0 Å². The average Bonchev–Trinajstić information content (AvgIpc) is 2.28. The summed E-state index contributed by atoms with van der Waals surface area (Å²) >= 11 is 0. The van der Waals surface area contributed by atoms with Gasteiger partial charge in [-0.3, -0.25) is 4.90 Å². The average molecular weight is 239 g/mol. The van der Waals surface area contributed by atoms with Gasteiger partial charge < -0.3 is 5.11 Å². The SMILES string of the molecule is CC(C)(C)C1CCC(N2CCC[C@H](O)C2)CC1. The van der Waals surface area contributed by atoms with Crippen LogP contribution in [0.4, 0.5) is 0 Å². The molecule has 1 aliphatic carbocycles. The molecule has 0 radical (unpaired) electrons. The summed E-state index contributed by atoms with van der Waals surface area (Å²) in [6.07, 6.45) is 7.56. The summed E-state index contributed by atoms with van der Waals surface area (Å²) in [4.78, 5) is 2.55. The lowest BCUT2D eigenvalue weighted by atomic mass is 9.71. The highest BCUT2D eigenvalue weighted by Gasteiger charge is 2.33. The van der Waals surface area contributed by atoms with E-state index >= 15 is 0 Å². The quantitative estimate of drug-likeness (QED) is 0.760. The van der Waals surface area contributed by atoms with Crippen LogP contribution in [0.2, 0.25) is 0 Å². The highest BCUT2D eigenvalue weighted by molar-refractivity contribution is 4.86. The van der Waals surface area contributed by atoms with Gasteiger partial charge in [0.05, 0.1) is 6.10 Å². The molecule has 1 atom stereocenters. The van der Waals surface area contributed by atoms with Gasteiger partial charge in [-0.15, -0.1) is 0 Å². The number of likely N-dealkylation sites (tertiary alicyclic amines) is 1. The lowest BCUT2D eigenvalue weighted by Crippen LogP contribution is -2.46. The van der Waals surface area contributed by atoms with Crippen molar-refractivity contribution in [3.63, 3.8) is 0 Å². The monoisotopic (exact) mass is 239 g/mol. The molecule has 0 aromatic rings. The second-order valence-corrected chi connectivity index (χ2v) is 7.16. The van der Waals surface area contributed by atoms with Crippen LogP contribution < -0.4 is 0 Å². The van der Waals surface area contributed by atoms with Crippen molar-refractivity contribution in [1.82, 2.24) is 4.90 Å². The summed E-state index contributed by atoms with van der Waals surface area (Å²) in [5.74, 6) is 0.897. The van der Waals surface area contributed by atoms with E-state index in [9.17, 15) is 5.11 Å². The first-order valence-corrected chi connectivity index (χ1v) is 7.39. The lowest BCUT2D eigenvalue weighted by molar-refractivity contribution is 0.0228. The molecule has 0 aromatic carbocycles. The van der Waals surface area contributed by atoms with Crippen LogP contribution in [0.3, 0.4) is 0 Å². The van der Waals surface area contributed by atoms with E-state index in [0.717, 1.165) is 24.9 Å². The maximum atomic E-state index is 9.75. The van der Waals surface area contributed by atoms with Crippen LogP contribution in [0.1, 0.15) is 59.3 Å². The smallest absolute Gasteiger partial charge is 0.0667 e. The van der Waals surface area contributed by atoms with Crippen LogP contribution in [0.5, 0.6) is 0 Å². The molecule has 17 heavy (non-hydrogen) atoms. The van der Waals surface area contributed by atoms with E-state index in [-0.39, 0.29) is 6.10 Å². The molecule has 100 valence electrons. The molecule has 2 rings (SSSR count). The van der Waals surface area contributed by atoms with Gasteiger partial charge in [-0.2, -0.15) is 0 Å².